The van der Waals surface area contributed by atoms with Crippen LogP contribution in [0.25, 0.3) is 0 Å². The smallest absolute Gasteiger partial charge is 0.251 e. The lowest BCUT2D eigenvalue weighted by Crippen LogP contribution is -2.40. The number of nitrogens with one attached hydrogen (secondary N) is 1. The molecule has 1 aliphatic heterocycles. The lowest BCUT2D eigenvalue weighted by Gasteiger charge is -2.33. The third-order valence-electron chi connectivity index (χ3n) is 5.31. The molecule has 1 N–H and O–H groups in total. The standard InChI is InChI=1S/C24H38N2O3/c1-19(2)7-5-8-20(3)18-26-14-11-22(12-15-26)29-23-10-6-9-21(17-23)24(27)25-13-16-28-4/h6-7,9-10,17,20,22H,5,8,11-16,18H2,1-4H3,(H,25,27)/t20-/m1/s1. The van der Waals surface area contributed by atoms with E-state index in [2.05, 4.69) is 37.1 Å². The molecule has 2 rings (SSSR count). The minimum atomic E-state index is -0.0931. The van der Waals surface area contributed by atoms with Gasteiger partial charge in [-0.3, -0.25) is 4.79 Å². The van der Waals surface area contributed by atoms with Crippen molar-refractivity contribution in [1.82, 2.24) is 10.2 Å². The third kappa shape index (κ3) is 9.01. The quantitative estimate of drug-likeness (QED) is 0.443. The Morgan fingerprint density at radius 2 is 2.07 bits per heavy atom. The zero-order valence-electron chi connectivity index (χ0n) is 18.6. The summed E-state index contributed by atoms with van der Waals surface area (Å²) in [7, 11) is 1.62. The van der Waals surface area contributed by atoms with E-state index in [9.17, 15) is 4.79 Å². The number of carbonyl (C=O) groups is 1. The van der Waals surface area contributed by atoms with E-state index in [-0.39, 0.29) is 12.0 Å². The largest absolute Gasteiger partial charge is 0.490 e. The SMILES string of the molecule is COCCNC(=O)c1cccc(OC2CCN(C[C@H](C)CCC=C(C)C)CC2)c1. The van der Waals surface area contributed by atoms with Crippen molar-refractivity contribution in [3.63, 3.8) is 0 Å². The first kappa shape index (κ1) is 23.4. The van der Waals surface area contributed by atoms with Crippen LogP contribution < -0.4 is 10.1 Å². The number of rotatable bonds is 11. The maximum absolute atomic E-state index is 12.2. The van der Waals surface area contributed by atoms with E-state index < -0.39 is 0 Å². The summed E-state index contributed by atoms with van der Waals surface area (Å²) >= 11 is 0. The molecule has 1 atom stereocenters. The fourth-order valence-corrected chi connectivity index (χ4v) is 3.67. The number of hydrogen-bond acceptors (Lipinski definition) is 4. The van der Waals surface area contributed by atoms with Crippen LogP contribution in [0, 0.1) is 5.92 Å². The Morgan fingerprint density at radius 3 is 2.76 bits per heavy atom. The molecule has 0 unspecified atom stereocenters. The summed E-state index contributed by atoms with van der Waals surface area (Å²) in [6.07, 6.45) is 7.05. The van der Waals surface area contributed by atoms with E-state index in [1.165, 1.54) is 25.0 Å². The number of benzene rings is 1. The Labute approximate surface area is 176 Å². The molecule has 0 aromatic heterocycles. The second kappa shape index (κ2) is 12.7. The summed E-state index contributed by atoms with van der Waals surface area (Å²) in [5.74, 6) is 1.40. The van der Waals surface area contributed by atoms with Crippen LogP contribution in [0.5, 0.6) is 5.75 Å². The molecule has 1 heterocycles. The lowest BCUT2D eigenvalue weighted by molar-refractivity contribution is 0.0904. The molecule has 0 bridgehead atoms. The molecule has 0 radical (unpaired) electrons. The summed E-state index contributed by atoms with van der Waals surface area (Å²) in [5.41, 5.74) is 2.04. The number of carbonyl (C=O) groups excluding carboxylic acids is 1. The molecule has 162 valence electrons. The maximum Gasteiger partial charge on any atom is 0.251 e. The predicted octanol–water partition coefficient (Wildman–Crippen LogP) is 4.29. The Kier molecular flexibility index (Phi) is 10.2. The molecular formula is C24H38N2O3. The Hall–Kier alpha value is -1.85. The van der Waals surface area contributed by atoms with Gasteiger partial charge in [-0.2, -0.15) is 0 Å². The molecule has 1 amide bonds. The molecule has 1 saturated heterocycles. The molecule has 0 spiro atoms. The normalized spacial score (nSPS) is 16.3. The van der Waals surface area contributed by atoms with Crippen LogP contribution in [0.4, 0.5) is 0 Å². The van der Waals surface area contributed by atoms with Crippen LogP contribution in [0.3, 0.4) is 0 Å². The van der Waals surface area contributed by atoms with Crippen LogP contribution in [0.1, 0.15) is 56.8 Å². The number of nitrogens with zero attached hydrogens (tertiary/aromatic N) is 1. The summed E-state index contributed by atoms with van der Waals surface area (Å²) in [5, 5.41) is 2.85. The molecule has 1 fully saturated rings. The number of ether oxygens (including phenoxy) is 2. The van der Waals surface area contributed by atoms with Crippen LogP contribution in [-0.4, -0.2) is 56.8 Å². The highest BCUT2D eigenvalue weighted by Crippen LogP contribution is 2.21. The van der Waals surface area contributed by atoms with Crippen LogP contribution in [-0.2, 0) is 4.74 Å². The molecule has 1 aromatic carbocycles. The number of allylic oxidation sites excluding steroid dienone is 2. The van der Waals surface area contributed by atoms with Crippen LogP contribution >= 0.6 is 0 Å². The monoisotopic (exact) mass is 402 g/mol. The molecular weight excluding hydrogens is 364 g/mol. The first-order valence-corrected chi connectivity index (χ1v) is 10.9. The second-order valence-electron chi connectivity index (χ2n) is 8.36. The van der Waals surface area contributed by atoms with Crippen molar-refractivity contribution in [2.24, 2.45) is 5.92 Å². The van der Waals surface area contributed by atoms with Crippen LogP contribution in [0.2, 0.25) is 0 Å². The van der Waals surface area contributed by atoms with Gasteiger partial charge in [0.25, 0.3) is 5.91 Å². The van der Waals surface area contributed by atoms with Gasteiger partial charge in [0.2, 0.25) is 0 Å². The van der Waals surface area contributed by atoms with E-state index in [1.54, 1.807) is 7.11 Å². The van der Waals surface area contributed by atoms with Gasteiger partial charge in [0.15, 0.2) is 0 Å². The molecule has 29 heavy (non-hydrogen) atoms. The van der Waals surface area contributed by atoms with Crippen molar-refractivity contribution in [3.8, 4) is 5.75 Å². The predicted molar refractivity (Wildman–Crippen MR) is 119 cm³/mol. The third-order valence-corrected chi connectivity index (χ3v) is 5.31. The molecule has 1 aromatic rings. The Bertz CT molecular complexity index is 647. The van der Waals surface area contributed by atoms with Gasteiger partial charge < -0.3 is 19.7 Å². The van der Waals surface area contributed by atoms with E-state index in [1.807, 2.05) is 24.3 Å². The Balaban J connectivity index is 1.74. The minimum absolute atomic E-state index is 0.0931. The Morgan fingerprint density at radius 1 is 1.31 bits per heavy atom. The highest BCUT2D eigenvalue weighted by atomic mass is 16.5. The van der Waals surface area contributed by atoms with E-state index in [4.69, 9.17) is 9.47 Å². The van der Waals surface area contributed by atoms with Crippen molar-refractivity contribution >= 4 is 5.91 Å². The second-order valence-corrected chi connectivity index (χ2v) is 8.36. The summed E-state index contributed by atoms with van der Waals surface area (Å²) in [6, 6.07) is 7.46. The fourth-order valence-electron chi connectivity index (χ4n) is 3.67. The zero-order valence-corrected chi connectivity index (χ0v) is 18.6. The average molecular weight is 403 g/mol. The summed E-state index contributed by atoms with van der Waals surface area (Å²) in [6.45, 7) is 11.0. The van der Waals surface area contributed by atoms with Gasteiger partial charge >= 0.3 is 0 Å². The minimum Gasteiger partial charge on any atom is -0.490 e. The topological polar surface area (TPSA) is 50.8 Å². The van der Waals surface area contributed by atoms with E-state index in [0.717, 1.165) is 37.6 Å². The van der Waals surface area contributed by atoms with Gasteiger partial charge in [0, 0.05) is 38.9 Å². The van der Waals surface area contributed by atoms with Gasteiger partial charge in [-0.15, -0.1) is 0 Å². The van der Waals surface area contributed by atoms with Gasteiger partial charge in [0.1, 0.15) is 11.9 Å². The van der Waals surface area contributed by atoms with Gasteiger partial charge in [-0.05, 0) is 63.6 Å². The zero-order chi connectivity index (χ0) is 21.1. The number of methoxy groups -OCH3 is 1. The van der Waals surface area contributed by atoms with Gasteiger partial charge in [-0.25, -0.2) is 0 Å². The first-order valence-electron chi connectivity index (χ1n) is 10.9. The molecule has 5 nitrogen and oxygen atoms in total. The lowest BCUT2D eigenvalue weighted by atomic mass is 10.0. The van der Waals surface area contributed by atoms with Gasteiger partial charge in [0.05, 0.1) is 6.61 Å². The number of amides is 1. The van der Waals surface area contributed by atoms with Crippen molar-refractivity contribution in [2.75, 3.05) is 39.9 Å². The highest BCUT2D eigenvalue weighted by Gasteiger charge is 2.22. The van der Waals surface area contributed by atoms with Gasteiger partial charge in [-0.1, -0.05) is 24.6 Å². The molecule has 0 aliphatic carbocycles. The van der Waals surface area contributed by atoms with E-state index >= 15 is 0 Å². The number of piperidine rings is 1. The van der Waals surface area contributed by atoms with Crippen molar-refractivity contribution in [2.45, 2.75) is 52.6 Å². The number of hydrogen-bond donors (Lipinski definition) is 1. The highest BCUT2D eigenvalue weighted by molar-refractivity contribution is 5.94. The van der Waals surface area contributed by atoms with Crippen molar-refractivity contribution in [3.05, 3.63) is 41.5 Å². The van der Waals surface area contributed by atoms with Crippen molar-refractivity contribution in [1.29, 1.82) is 0 Å². The van der Waals surface area contributed by atoms with Crippen molar-refractivity contribution < 1.29 is 14.3 Å². The summed E-state index contributed by atoms with van der Waals surface area (Å²) in [4.78, 5) is 14.8. The average Bonchev–Trinajstić information content (AvgIpc) is 2.69. The van der Waals surface area contributed by atoms with Crippen LogP contribution in [0.15, 0.2) is 35.9 Å². The van der Waals surface area contributed by atoms with E-state index in [0.29, 0.717) is 18.7 Å². The molecule has 1 aliphatic rings. The maximum atomic E-state index is 12.2. The first-order chi connectivity index (χ1) is 14.0. The number of likely N-dealkylation sites (tertiary alicyclic amines) is 1. The molecule has 0 saturated carbocycles. The summed E-state index contributed by atoms with van der Waals surface area (Å²) < 4.78 is 11.1. The fraction of sp³-hybridized carbons (Fsp3) is 0.625. The molecule has 5 heteroatoms.